The van der Waals surface area contributed by atoms with Crippen molar-refractivity contribution in [3.63, 3.8) is 0 Å². The van der Waals surface area contributed by atoms with Crippen LogP contribution in [0.15, 0.2) is 42.5 Å². The van der Waals surface area contributed by atoms with Crippen LogP contribution in [0.2, 0.25) is 0 Å². The first-order chi connectivity index (χ1) is 14.2. The van der Waals surface area contributed by atoms with Crippen molar-refractivity contribution in [1.82, 2.24) is 15.1 Å². The zero-order valence-electron chi connectivity index (χ0n) is 17.5. The number of carbonyl (C=O) groups excluding carboxylic acids is 1. The average Bonchev–Trinajstić information content (AvgIpc) is 2.77. The van der Waals surface area contributed by atoms with Crippen molar-refractivity contribution < 1.29 is 9.53 Å². The van der Waals surface area contributed by atoms with Gasteiger partial charge in [0.05, 0.1) is 7.11 Å². The summed E-state index contributed by atoms with van der Waals surface area (Å²) in [5, 5.41) is 3.06. The van der Waals surface area contributed by atoms with Gasteiger partial charge < -0.3 is 15.0 Å². The fourth-order valence-electron chi connectivity index (χ4n) is 4.55. The van der Waals surface area contributed by atoms with Gasteiger partial charge in [0.25, 0.3) is 5.91 Å². The van der Waals surface area contributed by atoms with Gasteiger partial charge in [0.2, 0.25) is 0 Å². The second-order valence-corrected chi connectivity index (χ2v) is 8.16. The number of ether oxygens (including phenoxy) is 1. The molecule has 1 heterocycles. The number of hydrogen-bond donors (Lipinski definition) is 1. The Kier molecular flexibility index (Phi) is 6.16. The molecule has 0 spiro atoms. The fraction of sp³-hybridized carbons (Fsp3) is 0.458. The van der Waals surface area contributed by atoms with Crippen LogP contribution in [0.25, 0.3) is 0 Å². The Morgan fingerprint density at radius 2 is 1.93 bits per heavy atom. The molecule has 1 N–H and O–H groups in total. The molecule has 0 radical (unpaired) electrons. The number of benzene rings is 2. The predicted octanol–water partition coefficient (Wildman–Crippen LogP) is 3.25. The highest BCUT2D eigenvalue weighted by Crippen LogP contribution is 2.35. The van der Waals surface area contributed by atoms with Crippen LogP contribution < -0.4 is 10.1 Å². The van der Waals surface area contributed by atoms with Gasteiger partial charge in [-0.25, -0.2) is 0 Å². The summed E-state index contributed by atoms with van der Waals surface area (Å²) in [5.41, 5.74) is 4.49. The van der Waals surface area contributed by atoms with Gasteiger partial charge in [-0.2, -0.15) is 0 Å². The second kappa shape index (κ2) is 8.97. The van der Waals surface area contributed by atoms with Gasteiger partial charge in [-0.3, -0.25) is 9.69 Å². The van der Waals surface area contributed by atoms with Crippen LogP contribution in [-0.2, 0) is 13.0 Å². The van der Waals surface area contributed by atoms with Gasteiger partial charge in [0.15, 0.2) is 0 Å². The molecule has 1 unspecified atom stereocenters. The van der Waals surface area contributed by atoms with E-state index >= 15 is 0 Å². The molecule has 1 aliphatic carbocycles. The molecule has 154 valence electrons. The lowest BCUT2D eigenvalue weighted by molar-refractivity contribution is 0.0947. The number of methoxy groups -OCH3 is 1. The number of fused-ring (bicyclic) bond motifs is 1. The third kappa shape index (κ3) is 4.46. The van der Waals surface area contributed by atoms with Crippen LogP contribution in [-0.4, -0.2) is 56.0 Å². The molecule has 5 heteroatoms. The Bertz CT molecular complexity index is 859. The fourth-order valence-corrected chi connectivity index (χ4v) is 4.55. The summed E-state index contributed by atoms with van der Waals surface area (Å²) in [7, 11) is 3.85. The van der Waals surface area contributed by atoms with E-state index < -0.39 is 0 Å². The van der Waals surface area contributed by atoms with Crippen molar-refractivity contribution in [3.8, 4) is 5.75 Å². The minimum atomic E-state index is -0.0265. The number of nitrogens with zero attached hydrogens (tertiary/aromatic N) is 2. The summed E-state index contributed by atoms with van der Waals surface area (Å²) in [4.78, 5) is 17.9. The molecule has 29 heavy (non-hydrogen) atoms. The number of para-hydroxylation sites is 1. The van der Waals surface area contributed by atoms with E-state index in [-0.39, 0.29) is 5.91 Å². The van der Waals surface area contributed by atoms with Crippen molar-refractivity contribution in [2.45, 2.75) is 31.8 Å². The van der Waals surface area contributed by atoms with Crippen molar-refractivity contribution in [1.29, 1.82) is 0 Å². The zero-order valence-corrected chi connectivity index (χ0v) is 17.5. The van der Waals surface area contributed by atoms with E-state index in [9.17, 15) is 4.79 Å². The number of piperazine rings is 1. The third-order valence-corrected chi connectivity index (χ3v) is 6.30. The lowest BCUT2D eigenvalue weighted by Crippen LogP contribution is -2.46. The molecule has 1 atom stereocenters. The van der Waals surface area contributed by atoms with Crippen molar-refractivity contribution in [2.75, 3.05) is 40.3 Å². The smallest absolute Gasteiger partial charge is 0.251 e. The molecule has 1 saturated heterocycles. The first-order valence-electron chi connectivity index (χ1n) is 10.6. The van der Waals surface area contributed by atoms with E-state index in [2.05, 4.69) is 34.3 Å². The van der Waals surface area contributed by atoms with Crippen molar-refractivity contribution in [3.05, 3.63) is 64.7 Å². The molecular formula is C24H31N3O2. The minimum absolute atomic E-state index is 0.0265. The molecular weight excluding hydrogens is 362 g/mol. The van der Waals surface area contributed by atoms with Gasteiger partial charge in [-0.1, -0.05) is 24.3 Å². The molecule has 1 aliphatic heterocycles. The first kappa shape index (κ1) is 19.9. The topological polar surface area (TPSA) is 44.8 Å². The van der Waals surface area contributed by atoms with Crippen molar-refractivity contribution in [2.24, 2.45) is 0 Å². The van der Waals surface area contributed by atoms with E-state index in [1.54, 1.807) is 7.11 Å². The van der Waals surface area contributed by atoms with Crippen LogP contribution in [0.1, 0.15) is 45.9 Å². The van der Waals surface area contributed by atoms with E-state index in [1.807, 2.05) is 30.3 Å². The summed E-state index contributed by atoms with van der Waals surface area (Å²) in [5.74, 6) is 0.773. The zero-order chi connectivity index (χ0) is 20.2. The van der Waals surface area contributed by atoms with Gasteiger partial charge in [-0.05, 0) is 55.6 Å². The van der Waals surface area contributed by atoms with Crippen LogP contribution in [0.3, 0.4) is 0 Å². The van der Waals surface area contributed by atoms with E-state index in [4.69, 9.17) is 4.74 Å². The highest BCUT2D eigenvalue weighted by molar-refractivity contribution is 5.94. The van der Waals surface area contributed by atoms with Gasteiger partial charge in [0, 0.05) is 49.9 Å². The summed E-state index contributed by atoms with van der Waals surface area (Å²) < 4.78 is 5.39. The molecule has 0 aromatic heterocycles. The summed E-state index contributed by atoms with van der Waals surface area (Å²) in [6.07, 6.45) is 3.52. The van der Waals surface area contributed by atoms with E-state index in [0.29, 0.717) is 12.6 Å². The number of carbonyl (C=O) groups is 1. The first-order valence-corrected chi connectivity index (χ1v) is 10.6. The Morgan fingerprint density at radius 3 is 2.72 bits per heavy atom. The monoisotopic (exact) mass is 393 g/mol. The van der Waals surface area contributed by atoms with Crippen LogP contribution in [0.5, 0.6) is 5.75 Å². The van der Waals surface area contributed by atoms with E-state index in [1.165, 1.54) is 24.0 Å². The Labute approximate surface area is 173 Å². The Morgan fingerprint density at radius 1 is 1.14 bits per heavy atom. The number of likely N-dealkylation sites (N-methyl/N-ethyl adjacent to an activating group) is 1. The Balaban J connectivity index is 1.49. The maximum absolute atomic E-state index is 12.9. The molecule has 0 bridgehead atoms. The molecule has 2 aromatic rings. The van der Waals surface area contributed by atoms with Gasteiger partial charge in [0.1, 0.15) is 5.75 Å². The third-order valence-electron chi connectivity index (χ3n) is 6.30. The molecule has 1 fully saturated rings. The highest BCUT2D eigenvalue weighted by Gasteiger charge is 2.28. The summed E-state index contributed by atoms with van der Waals surface area (Å²) >= 11 is 0. The van der Waals surface area contributed by atoms with Crippen LogP contribution in [0.4, 0.5) is 0 Å². The molecule has 2 aromatic carbocycles. The molecule has 5 nitrogen and oxygen atoms in total. The summed E-state index contributed by atoms with van der Waals surface area (Å²) in [6.45, 7) is 4.90. The molecule has 4 rings (SSSR count). The van der Waals surface area contributed by atoms with Crippen LogP contribution >= 0.6 is 0 Å². The maximum Gasteiger partial charge on any atom is 0.251 e. The van der Waals surface area contributed by atoms with Crippen LogP contribution in [0, 0.1) is 0 Å². The number of rotatable bonds is 5. The lowest BCUT2D eigenvalue weighted by atomic mass is 9.85. The predicted molar refractivity (Wildman–Crippen MR) is 115 cm³/mol. The number of aryl methyl sites for hydroxylation is 1. The van der Waals surface area contributed by atoms with E-state index in [0.717, 1.165) is 49.5 Å². The highest BCUT2D eigenvalue weighted by atomic mass is 16.5. The minimum Gasteiger partial charge on any atom is -0.496 e. The lowest BCUT2D eigenvalue weighted by Gasteiger charge is -2.40. The summed E-state index contributed by atoms with van der Waals surface area (Å²) in [6, 6.07) is 14.5. The molecule has 1 amide bonds. The Hall–Kier alpha value is -2.37. The number of hydrogen-bond acceptors (Lipinski definition) is 4. The average molecular weight is 394 g/mol. The SMILES string of the molecule is COc1ccccc1CNC(=O)c1ccc2c(c1)C(N1CCN(C)CC1)CCC2. The normalized spacial score (nSPS) is 20.1. The second-order valence-electron chi connectivity index (χ2n) is 8.16. The number of nitrogens with one attached hydrogen (secondary N) is 1. The standard InChI is InChI=1S/C24H31N3O2/c1-26-12-14-27(15-13-26)22-8-5-7-18-10-11-19(16-21(18)22)24(28)25-17-20-6-3-4-9-23(20)29-2/h3-4,6,9-11,16,22H,5,7-8,12-15,17H2,1-2H3,(H,25,28). The van der Waals surface area contributed by atoms with Gasteiger partial charge in [-0.15, -0.1) is 0 Å². The van der Waals surface area contributed by atoms with Crippen molar-refractivity contribution >= 4 is 5.91 Å². The largest absolute Gasteiger partial charge is 0.496 e. The molecule has 0 saturated carbocycles. The quantitative estimate of drug-likeness (QED) is 0.847. The maximum atomic E-state index is 12.9. The molecule has 2 aliphatic rings. The number of amides is 1. The van der Waals surface area contributed by atoms with Gasteiger partial charge >= 0.3 is 0 Å².